The van der Waals surface area contributed by atoms with Crippen LogP contribution in [0, 0.1) is 6.92 Å². The van der Waals surface area contributed by atoms with Crippen LogP contribution in [0.1, 0.15) is 11.1 Å². The molecule has 0 bridgehead atoms. The molecular weight excluding hydrogens is 376 g/mol. The van der Waals surface area contributed by atoms with Crippen molar-refractivity contribution in [3.05, 3.63) is 59.7 Å². The van der Waals surface area contributed by atoms with Crippen molar-refractivity contribution in [2.24, 2.45) is 0 Å². The molecule has 0 amide bonds. The topological polar surface area (TPSA) is 113 Å². The van der Waals surface area contributed by atoms with E-state index in [1.807, 2.05) is 6.92 Å². The van der Waals surface area contributed by atoms with E-state index in [1.54, 1.807) is 24.3 Å². The fourth-order valence-corrected chi connectivity index (χ4v) is 4.07. The molecule has 2 aromatic carbocycles. The standard InChI is InChI=1S/C17H22N2O5S2/c1-13-3-9-17(10-4-13)26(23,24)19-15(12-18-25(2,21)22)11-14-5-7-16(20)8-6-14/h3-10,15,18-20H,11-12H2,1-2H3/t15-/m0/s1. The number of rotatable bonds is 8. The number of aromatic hydroxyl groups is 1. The molecule has 0 saturated heterocycles. The predicted octanol–water partition coefficient (Wildman–Crippen LogP) is 1.14. The molecule has 2 aromatic rings. The molecule has 0 unspecified atom stereocenters. The molecule has 26 heavy (non-hydrogen) atoms. The average Bonchev–Trinajstić information content (AvgIpc) is 2.54. The molecular formula is C17H22N2O5S2. The molecule has 9 heteroatoms. The van der Waals surface area contributed by atoms with Gasteiger partial charge in [0, 0.05) is 12.6 Å². The summed E-state index contributed by atoms with van der Waals surface area (Å²) in [6.07, 6.45) is 1.27. The highest BCUT2D eigenvalue weighted by molar-refractivity contribution is 7.89. The first-order valence-corrected chi connectivity index (χ1v) is 11.2. The number of hydrogen-bond donors (Lipinski definition) is 3. The summed E-state index contributed by atoms with van der Waals surface area (Å²) in [5, 5.41) is 9.36. The highest BCUT2D eigenvalue weighted by Gasteiger charge is 2.21. The van der Waals surface area contributed by atoms with Crippen molar-refractivity contribution in [2.45, 2.75) is 24.3 Å². The maximum atomic E-state index is 12.6. The van der Waals surface area contributed by atoms with Crippen molar-refractivity contribution < 1.29 is 21.9 Å². The highest BCUT2D eigenvalue weighted by atomic mass is 32.2. The molecule has 0 saturated carbocycles. The summed E-state index contributed by atoms with van der Waals surface area (Å²) >= 11 is 0. The Labute approximate surface area is 154 Å². The Morgan fingerprint density at radius 1 is 0.962 bits per heavy atom. The van der Waals surface area contributed by atoms with Gasteiger partial charge in [-0.15, -0.1) is 0 Å². The molecule has 0 aromatic heterocycles. The Hall–Kier alpha value is -1.94. The lowest BCUT2D eigenvalue weighted by Gasteiger charge is -2.19. The van der Waals surface area contributed by atoms with Crippen LogP contribution in [0.4, 0.5) is 0 Å². The van der Waals surface area contributed by atoms with Crippen LogP contribution in [0.15, 0.2) is 53.4 Å². The first-order valence-electron chi connectivity index (χ1n) is 7.87. The van der Waals surface area contributed by atoms with Crippen LogP contribution < -0.4 is 9.44 Å². The van der Waals surface area contributed by atoms with Gasteiger partial charge in [0.25, 0.3) is 0 Å². The molecule has 0 fully saturated rings. The second-order valence-corrected chi connectivity index (χ2v) is 9.67. The van der Waals surface area contributed by atoms with Crippen LogP contribution in [0.2, 0.25) is 0 Å². The first kappa shape index (κ1) is 20.4. The lowest BCUT2D eigenvalue weighted by Crippen LogP contribution is -2.44. The van der Waals surface area contributed by atoms with Gasteiger partial charge in [0.1, 0.15) is 5.75 Å². The zero-order valence-electron chi connectivity index (χ0n) is 14.5. The minimum absolute atomic E-state index is 0.0925. The minimum atomic E-state index is -3.81. The van der Waals surface area contributed by atoms with Crippen molar-refractivity contribution >= 4 is 20.0 Å². The Bertz CT molecular complexity index is 938. The SMILES string of the molecule is Cc1ccc(S(=O)(=O)N[C@H](CNS(C)(=O)=O)Cc2ccc(O)cc2)cc1. The Kier molecular flexibility index (Phi) is 6.40. The van der Waals surface area contributed by atoms with E-state index >= 15 is 0 Å². The van der Waals surface area contributed by atoms with Crippen LogP contribution in [0.5, 0.6) is 5.75 Å². The lowest BCUT2D eigenvalue weighted by atomic mass is 10.1. The van der Waals surface area contributed by atoms with Gasteiger partial charge in [-0.05, 0) is 43.2 Å². The van der Waals surface area contributed by atoms with Crippen LogP contribution >= 0.6 is 0 Å². The molecule has 0 radical (unpaired) electrons. The van der Waals surface area contributed by atoms with Gasteiger partial charge >= 0.3 is 0 Å². The third-order valence-electron chi connectivity index (χ3n) is 3.66. The monoisotopic (exact) mass is 398 g/mol. The van der Waals surface area contributed by atoms with Crippen molar-refractivity contribution in [1.29, 1.82) is 0 Å². The van der Waals surface area contributed by atoms with Crippen LogP contribution in [0.25, 0.3) is 0 Å². The fraction of sp³-hybridized carbons (Fsp3) is 0.294. The first-order chi connectivity index (χ1) is 12.0. The molecule has 3 N–H and O–H groups in total. The van der Waals surface area contributed by atoms with Gasteiger partial charge in [0.05, 0.1) is 11.2 Å². The lowest BCUT2D eigenvalue weighted by molar-refractivity contribution is 0.474. The number of phenolic OH excluding ortho intramolecular Hbond substituents is 1. The molecule has 2 rings (SSSR count). The zero-order valence-corrected chi connectivity index (χ0v) is 16.1. The number of phenols is 1. The molecule has 0 spiro atoms. The van der Waals surface area contributed by atoms with Gasteiger partial charge < -0.3 is 5.11 Å². The van der Waals surface area contributed by atoms with Gasteiger partial charge in [-0.1, -0.05) is 29.8 Å². The molecule has 7 nitrogen and oxygen atoms in total. The Balaban J connectivity index is 2.21. The number of benzene rings is 2. The number of sulfonamides is 2. The van der Waals surface area contributed by atoms with Crippen LogP contribution in [-0.2, 0) is 26.5 Å². The third kappa shape index (κ3) is 6.41. The van der Waals surface area contributed by atoms with Gasteiger partial charge in [-0.25, -0.2) is 26.3 Å². The summed E-state index contributed by atoms with van der Waals surface area (Å²) < 4.78 is 52.8. The summed E-state index contributed by atoms with van der Waals surface area (Å²) in [5.74, 6) is 0.0970. The normalized spacial score (nSPS) is 13.5. The van der Waals surface area contributed by atoms with Crippen molar-refractivity contribution in [2.75, 3.05) is 12.8 Å². The predicted molar refractivity (Wildman–Crippen MR) is 99.9 cm³/mol. The zero-order chi connectivity index (χ0) is 19.4. The second-order valence-electron chi connectivity index (χ2n) is 6.12. The van der Waals surface area contributed by atoms with E-state index in [4.69, 9.17) is 0 Å². The number of hydrogen-bond acceptors (Lipinski definition) is 5. The Morgan fingerprint density at radius 2 is 1.54 bits per heavy atom. The number of aryl methyl sites for hydroxylation is 1. The van der Waals surface area contributed by atoms with Crippen LogP contribution in [-0.4, -0.2) is 40.8 Å². The molecule has 0 aliphatic heterocycles. The van der Waals surface area contributed by atoms with Gasteiger partial charge in [-0.3, -0.25) is 0 Å². The summed E-state index contributed by atoms with van der Waals surface area (Å²) in [7, 11) is -7.28. The molecule has 1 atom stereocenters. The van der Waals surface area contributed by atoms with E-state index in [9.17, 15) is 21.9 Å². The van der Waals surface area contributed by atoms with Crippen molar-refractivity contribution in [3.63, 3.8) is 0 Å². The van der Waals surface area contributed by atoms with E-state index < -0.39 is 26.1 Å². The maximum Gasteiger partial charge on any atom is 0.240 e. The van der Waals surface area contributed by atoms with E-state index in [-0.39, 0.29) is 23.6 Å². The molecule has 142 valence electrons. The van der Waals surface area contributed by atoms with E-state index in [1.165, 1.54) is 24.3 Å². The third-order valence-corrected chi connectivity index (χ3v) is 5.89. The number of nitrogens with one attached hydrogen (secondary N) is 2. The van der Waals surface area contributed by atoms with Gasteiger partial charge in [-0.2, -0.15) is 0 Å². The van der Waals surface area contributed by atoms with Crippen molar-refractivity contribution in [3.8, 4) is 5.75 Å². The van der Waals surface area contributed by atoms with Crippen molar-refractivity contribution in [1.82, 2.24) is 9.44 Å². The minimum Gasteiger partial charge on any atom is -0.508 e. The van der Waals surface area contributed by atoms with Gasteiger partial charge in [0.15, 0.2) is 0 Å². The second kappa shape index (κ2) is 8.17. The quantitative estimate of drug-likeness (QED) is 0.617. The highest BCUT2D eigenvalue weighted by Crippen LogP contribution is 2.14. The largest absolute Gasteiger partial charge is 0.508 e. The average molecular weight is 399 g/mol. The maximum absolute atomic E-state index is 12.6. The van der Waals surface area contributed by atoms with E-state index in [0.29, 0.717) is 0 Å². The summed E-state index contributed by atoms with van der Waals surface area (Å²) in [4.78, 5) is 0.109. The van der Waals surface area contributed by atoms with Crippen LogP contribution in [0.3, 0.4) is 0 Å². The van der Waals surface area contributed by atoms with E-state index in [0.717, 1.165) is 17.4 Å². The smallest absolute Gasteiger partial charge is 0.240 e. The fourth-order valence-electron chi connectivity index (χ4n) is 2.33. The van der Waals surface area contributed by atoms with Gasteiger partial charge in [0.2, 0.25) is 20.0 Å². The summed E-state index contributed by atoms with van der Waals surface area (Å²) in [6.45, 7) is 1.76. The van der Waals surface area contributed by atoms with E-state index in [2.05, 4.69) is 9.44 Å². The summed E-state index contributed by atoms with van der Waals surface area (Å²) in [6, 6.07) is 12.0. The Morgan fingerprint density at radius 3 is 2.08 bits per heavy atom. The molecule has 0 aliphatic rings. The molecule has 0 heterocycles. The summed E-state index contributed by atoms with van der Waals surface area (Å²) in [5.41, 5.74) is 1.69. The molecule has 0 aliphatic carbocycles.